The summed E-state index contributed by atoms with van der Waals surface area (Å²) < 4.78 is 29.7. The highest BCUT2D eigenvalue weighted by molar-refractivity contribution is 7.92. The van der Waals surface area contributed by atoms with Gasteiger partial charge in [-0.3, -0.25) is 0 Å². The van der Waals surface area contributed by atoms with Crippen LogP contribution in [0.5, 0.6) is 0 Å². The molecule has 3 unspecified atom stereocenters. The van der Waals surface area contributed by atoms with Crippen LogP contribution in [0.3, 0.4) is 0 Å². The number of sulfone groups is 1. The lowest BCUT2D eigenvalue weighted by Crippen LogP contribution is -2.51. The van der Waals surface area contributed by atoms with Gasteiger partial charge in [0.25, 0.3) is 0 Å². The van der Waals surface area contributed by atoms with Crippen LogP contribution in [-0.4, -0.2) is 48.3 Å². The molecular weight excluding hydrogens is 396 g/mol. The molecule has 0 heterocycles. The van der Waals surface area contributed by atoms with Crippen LogP contribution < -0.4 is 10.6 Å². The smallest absolute Gasteiger partial charge is 0.407 e. The van der Waals surface area contributed by atoms with Crippen LogP contribution in [0, 0.1) is 5.92 Å². The van der Waals surface area contributed by atoms with E-state index >= 15 is 0 Å². The SMILES string of the molecule is CC(C)(C)S(=O)(=O)CC1CC(NC(=O)O)CCC1NC(=O)OCc1ccccc1. The van der Waals surface area contributed by atoms with Crippen molar-refractivity contribution in [3.05, 3.63) is 35.9 Å². The second-order valence-electron chi connectivity index (χ2n) is 8.43. The first kappa shape index (κ1) is 23.0. The molecule has 1 aromatic carbocycles. The second-order valence-corrected chi connectivity index (χ2v) is 11.2. The number of hydrogen-bond donors (Lipinski definition) is 3. The van der Waals surface area contributed by atoms with Gasteiger partial charge in [-0.2, -0.15) is 0 Å². The van der Waals surface area contributed by atoms with Crippen LogP contribution in [0.2, 0.25) is 0 Å². The zero-order valence-corrected chi connectivity index (χ0v) is 17.9. The third-order valence-electron chi connectivity index (χ3n) is 5.19. The normalized spacial score (nSPS) is 22.5. The van der Waals surface area contributed by atoms with Gasteiger partial charge in [-0.1, -0.05) is 30.3 Å². The molecule has 29 heavy (non-hydrogen) atoms. The van der Waals surface area contributed by atoms with Crippen LogP contribution in [0.4, 0.5) is 9.59 Å². The van der Waals surface area contributed by atoms with E-state index in [1.807, 2.05) is 30.3 Å². The Bertz CT molecular complexity index is 804. The molecule has 162 valence electrons. The van der Waals surface area contributed by atoms with Gasteiger partial charge in [0.1, 0.15) is 6.61 Å². The highest BCUT2D eigenvalue weighted by Gasteiger charge is 2.39. The number of nitrogens with one attached hydrogen (secondary N) is 2. The van der Waals surface area contributed by atoms with Gasteiger partial charge in [0.2, 0.25) is 0 Å². The molecule has 1 fully saturated rings. The Balaban J connectivity index is 2.04. The lowest BCUT2D eigenvalue weighted by molar-refractivity contribution is 0.124. The third kappa shape index (κ3) is 6.92. The number of ether oxygens (including phenoxy) is 1. The molecule has 0 aromatic heterocycles. The summed E-state index contributed by atoms with van der Waals surface area (Å²) >= 11 is 0. The van der Waals surface area contributed by atoms with Crippen molar-refractivity contribution >= 4 is 22.0 Å². The summed E-state index contributed by atoms with van der Waals surface area (Å²) in [6.45, 7) is 5.02. The molecule has 0 saturated heterocycles. The van der Waals surface area contributed by atoms with Crippen molar-refractivity contribution < 1.29 is 27.9 Å². The van der Waals surface area contributed by atoms with Gasteiger partial charge >= 0.3 is 12.2 Å². The van der Waals surface area contributed by atoms with Crippen LogP contribution >= 0.6 is 0 Å². The Labute approximate surface area is 171 Å². The van der Waals surface area contributed by atoms with E-state index in [1.165, 1.54) is 0 Å². The fraction of sp³-hybridized carbons (Fsp3) is 0.600. The molecule has 8 nitrogen and oxygen atoms in total. The molecule has 3 N–H and O–H groups in total. The molecule has 3 atom stereocenters. The summed E-state index contributed by atoms with van der Waals surface area (Å²) in [5, 5.41) is 14.2. The van der Waals surface area contributed by atoms with E-state index in [-0.39, 0.29) is 18.4 Å². The number of rotatable bonds is 6. The maximum atomic E-state index is 12.7. The monoisotopic (exact) mass is 426 g/mol. The first-order chi connectivity index (χ1) is 13.5. The maximum absolute atomic E-state index is 12.7. The quantitative estimate of drug-likeness (QED) is 0.643. The van der Waals surface area contributed by atoms with Crippen molar-refractivity contribution in [3.8, 4) is 0 Å². The van der Waals surface area contributed by atoms with Crippen molar-refractivity contribution in [2.75, 3.05) is 5.75 Å². The highest BCUT2D eigenvalue weighted by Crippen LogP contribution is 2.29. The Kier molecular flexibility index (Phi) is 7.51. The third-order valence-corrected chi connectivity index (χ3v) is 7.93. The van der Waals surface area contributed by atoms with Gasteiger partial charge in [0, 0.05) is 12.1 Å². The van der Waals surface area contributed by atoms with Gasteiger partial charge in [0.15, 0.2) is 9.84 Å². The number of benzene rings is 1. The summed E-state index contributed by atoms with van der Waals surface area (Å²) in [4.78, 5) is 23.2. The molecule has 0 spiro atoms. The highest BCUT2D eigenvalue weighted by atomic mass is 32.2. The number of carbonyl (C=O) groups excluding carboxylic acids is 1. The Hall–Kier alpha value is -2.29. The number of carbonyl (C=O) groups is 2. The minimum atomic E-state index is -3.44. The molecule has 1 aliphatic carbocycles. The van der Waals surface area contributed by atoms with E-state index in [1.54, 1.807) is 20.8 Å². The van der Waals surface area contributed by atoms with Crippen LogP contribution in [0.25, 0.3) is 0 Å². The van der Waals surface area contributed by atoms with Crippen molar-refractivity contribution in [1.29, 1.82) is 0 Å². The minimum Gasteiger partial charge on any atom is -0.465 e. The van der Waals surface area contributed by atoms with E-state index in [0.29, 0.717) is 19.3 Å². The lowest BCUT2D eigenvalue weighted by atomic mass is 9.82. The first-order valence-electron chi connectivity index (χ1n) is 9.67. The van der Waals surface area contributed by atoms with E-state index in [0.717, 1.165) is 5.56 Å². The summed E-state index contributed by atoms with van der Waals surface area (Å²) in [5.74, 6) is -0.535. The summed E-state index contributed by atoms with van der Waals surface area (Å²) in [7, 11) is -3.44. The average Bonchev–Trinajstić information content (AvgIpc) is 2.61. The van der Waals surface area contributed by atoms with Gasteiger partial charge in [0.05, 0.1) is 10.5 Å². The maximum Gasteiger partial charge on any atom is 0.407 e. The van der Waals surface area contributed by atoms with Crippen LogP contribution in [-0.2, 0) is 21.2 Å². The molecular formula is C20H30N2O6S. The molecule has 1 saturated carbocycles. The topological polar surface area (TPSA) is 122 Å². The second kappa shape index (κ2) is 9.47. The Morgan fingerprint density at radius 3 is 2.38 bits per heavy atom. The molecule has 0 radical (unpaired) electrons. The number of carboxylic acid groups (broad SMARTS) is 1. The fourth-order valence-electron chi connectivity index (χ4n) is 3.39. The van der Waals surface area contributed by atoms with Gasteiger partial charge in [-0.15, -0.1) is 0 Å². The zero-order chi connectivity index (χ0) is 21.7. The van der Waals surface area contributed by atoms with Gasteiger partial charge in [-0.05, 0) is 51.5 Å². The average molecular weight is 427 g/mol. The van der Waals surface area contributed by atoms with Crippen LogP contribution in [0.1, 0.15) is 45.6 Å². The summed E-state index contributed by atoms with van der Waals surface area (Å²) in [6.07, 6.45) is -0.425. The van der Waals surface area contributed by atoms with E-state index in [2.05, 4.69) is 10.6 Å². The zero-order valence-electron chi connectivity index (χ0n) is 17.1. The summed E-state index contributed by atoms with van der Waals surface area (Å²) in [6, 6.07) is 8.51. The minimum absolute atomic E-state index is 0.119. The van der Waals surface area contributed by atoms with E-state index in [4.69, 9.17) is 9.84 Å². The standard InChI is InChI=1S/C20H30N2O6S/c1-20(2,3)29(26,27)13-15-11-16(21-18(23)24)9-10-17(15)22-19(25)28-12-14-7-5-4-6-8-14/h4-8,15-17,21H,9-13H2,1-3H3,(H,22,25)(H,23,24). The van der Waals surface area contributed by atoms with Crippen LogP contribution in [0.15, 0.2) is 30.3 Å². The lowest BCUT2D eigenvalue weighted by Gasteiger charge is -2.37. The predicted octanol–water partition coefficient (Wildman–Crippen LogP) is 2.93. The first-order valence-corrected chi connectivity index (χ1v) is 11.3. The van der Waals surface area contributed by atoms with Crippen molar-refractivity contribution in [1.82, 2.24) is 10.6 Å². The molecule has 9 heteroatoms. The van der Waals surface area contributed by atoms with E-state index in [9.17, 15) is 18.0 Å². The van der Waals surface area contributed by atoms with Crippen molar-refractivity contribution in [2.45, 2.75) is 63.5 Å². The number of hydrogen-bond acceptors (Lipinski definition) is 5. The molecule has 2 amide bonds. The molecule has 2 rings (SSSR count). The summed E-state index contributed by atoms with van der Waals surface area (Å²) in [5.41, 5.74) is 0.851. The number of alkyl carbamates (subject to hydrolysis) is 1. The van der Waals surface area contributed by atoms with Gasteiger partial charge in [-0.25, -0.2) is 18.0 Å². The Morgan fingerprint density at radius 1 is 1.14 bits per heavy atom. The molecule has 1 aliphatic rings. The van der Waals surface area contributed by atoms with Crippen molar-refractivity contribution in [3.63, 3.8) is 0 Å². The predicted molar refractivity (Wildman–Crippen MR) is 109 cm³/mol. The fourth-order valence-corrected chi connectivity index (χ4v) is 4.82. The molecule has 0 bridgehead atoms. The van der Waals surface area contributed by atoms with E-state index < -0.39 is 38.7 Å². The Morgan fingerprint density at radius 2 is 1.79 bits per heavy atom. The molecule has 1 aromatic rings. The number of amides is 2. The van der Waals surface area contributed by atoms with Crippen molar-refractivity contribution in [2.24, 2.45) is 5.92 Å². The largest absolute Gasteiger partial charge is 0.465 e. The van der Waals surface area contributed by atoms with Gasteiger partial charge < -0.3 is 20.5 Å². The molecule has 0 aliphatic heterocycles.